The number of carboxylic acid groups (broad SMARTS) is 1. The zero-order valence-corrected chi connectivity index (χ0v) is 19.8. The summed E-state index contributed by atoms with van der Waals surface area (Å²) < 4.78 is 8.45. The van der Waals surface area contributed by atoms with E-state index >= 15 is 0 Å². The van der Waals surface area contributed by atoms with Crippen LogP contribution < -0.4 is 4.74 Å². The summed E-state index contributed by atoms with van der Waals surface area (Å²) in [7, 11) is 3.41. The molecule has 2 rings (SSSR count). The van der Waals surface area contributed by atoms with E-state index in [4.69, 9.17) is 9.84 Å². The summed E-state index contributed by atoms with van der Waals surface area (Å²) in [5.74, 6) is 0.00949. The molecule has 2 aromatic carbocycles. The Morgan fingerprint density at radius 3 is 2.36 bits per heavy atom. The van der Waals surface area contributed by atoms with Gasteiger partial charge in [-0.25, -0.2) is 0 Å². The van der Waals surface area contributed by atoms with Crippen LogP contribution in [0.4, 0.5) is 0 Å². The second-order valence-corrected chi connectivity index (χ2v) is 8.74. The number of halogens is 3. The summed E-state index contributed by atoms with van der Waals surface area (Å²) in [6.07, 6.45) is -0.128. The number of amides is 1. The van der Waals surface area contributed by atoms with E-state index in [1.54, 1.807) is 38.4 Å². The normalized spacial score (nSPS) is 10.4. The number of hydrogen-bond donors (Lipinski definition) is 1. The summed E-state index contributed by atoms with van der Waals surface area (Å²) in [5.41, 5.74) is 1.16. The molecule has 0 saturated heterocycles. The van der Waals surface area contributed by atoms with Crippen LogP contribution in [0.3, 0.4) is 0 Å². The minimum atomic E-state index is -0.925. The van der Waals surface area contributed by atoms with Crippen molar-refractivity contribution >= 4 is 79.6 Å². The van der Waals surface area contributed by atoms with E-state index in [0.717, 1.165) is 7.14 Å². The fourth-order valence-electron chi connectivity index (χ4n) is 2.11. The van der Waals surface area contributed by atoms with Crippen molar-refractivity contribution in [2.24, 2.45) is 0 Å². The molecule has 0 aliphatic rings. The first kappa shape index (κ1) is 20.7. The van der Waals surface area contributed by atoms with Crippen LogP contribution in [0.25, 0.3) is 0 Å². The molecular formula is C17H14I3NO4. The van der Waals surface area contributed by atoms with Crippen molar-refractivity contribution in [3.63, 3.8) is 0 Å². The standard InChI is InChI=1S/C17H14I3NO4/c1-21(2)17(24)14-10(18)8-11(19)16(15(14)20)25-12-6-4-3-5-9(12)7-13(22)23/h3-6,8H,7H2,1-2H3,(H,22,23). The van der Waals surface area contributed by atoms with Gasteiger partial charge in [-0.1, -0.05) is 18.2 Å². The third kappa shape index (κ3) is 4.96. The number of para-hydroxylation sites is 1. The number of ether oxygens (including phenoxy) is 1. The van der Waals surface area contributed by atoms with Crippen molar-refractivity contribution in [2.75, 3.05) is 14.1 Å². The van der Waals surface area contributed by atoms with E-state index in [9.17, 15) is 9.59 Å². The van der Waals surface area contributed by atoms with Crippen LogP contribution in [0, 0.1) is 10.7 Å². The van der Waals surface area contributed by atoms with Gasteiger partial charge in [0.1, 0.15) is 5.75 Å². The van der Waals surface area contributed by atoms with Crippen molar-refractivity contribution in [3.8, 4) is 11.5 Å². The first-order chi connectivity index (χ1) is 11.7. The van der Waals surface area contributed by atoms with E-state index in [-0.39, 0.29) is 12.3 Å². The van der Waals surface area contributed by atoms with Crippen LogP contribution in [-0.2, 0) is 11.2 Å². The second kappa shape index (κ2) is 8.84. The fourth-order valence-corrected chi connectivity index (χ4v) is 6.16. The smallest absolute Gasteiger partial charge is 0.307 e. The molecule has 2 aromatic rings. The molecule has 0 heterocycles. The number of hydrogen-bond acceptors (Lipinski definition) is 3. The lowest BCUT2D eigenvalue weighted by atomic mass is 10.1. The first-order valence-electron chi connectivity index (χ1n) is 7.09. The maximum absolute atomic E-state index is 12.5. The quantitative estimate of drug-likeness (QED) is 0.470. The van der Waals surface area contributed by atoms with Gasteiger partial charge in [-0.15, -0.1) is 0 Å². The highest BCUT2D eigenvalue weighted by atomic mass is 127. The summed E-state index contributed by atoms with van der Waals surface area (Å²) in [6.45, 7) is 0. The number of carbonyl (C=O) groups is 2. The Labute approximate surface area is 186 Å². The SMILES string of the molecule is CN(C)C(=O)c1c(I)cc(I)c(Oc2ccccc2CC(=O)O)c1I. The summed E-state index contributed by atoms with van der Waals surface area (Å²) in [5, 5.41) is 9.07. The van der Waals surface area contributed by atoms with Crippen molar-refractivity contribution in [1.82, 2.24) is 4.90 Å². The van der Waals surface area contributed by atoms with E-state index in [1.165, 1.54) is 4.90 Å². The molecule has 25 heavy (non-hydrogen) atoms. The second-order valence-electron chi connectivity index (χ2n) is 5.34. The average molecular weight is 677 g/mol. The minimum absolute atomic E-state index is 0.103. The van der Waals surface area contributed by atoms with Gasteiger partial charge in [0.2, 0.25) is 0 Å². The molecular weight excluding hydrogens is 663 g/mol. The highest BCUT2D eigenvalue weighted by molar-refractivity contribution is 14.1. The average Bonchev–Trinajstić information content (AvgIpc) is 2.51. The highest BCUT2D eigenvalue weighted by Gasteiger charge is 2.23. The van der Waals surface area contributed by atoms with Crippen LogP contribution >= 0.6 is 67.8 Å². The number of benzene rings is 2. The molecule has 0 atom stereocenters. The summed E-state index contributed by atoms with van der Waals surface area (Å²) in [4.78, 5) is 25.1. The van der Waals surface area contributed by atoms with Gasteiger partial charge < -0.3 is 14.7 Å². The van der Waals surface area contributed by atoms with Gasteiger partial charge in [-0.05, 0) is 79.9 Å². The van der Waals surface area contributed by atoms with Crippen LogP contribution in [0.2, 0.25) is 0 Å². The van der Waals surface area contributed by atoms with Gasteiger partial charge in [-0.3, -0.25) is 9.59 Å². The van der Waals surface area contributed by atoms with Gasteiger partial charge >= 0.3 is 5.97 Å². The largest absolute Gasteiger partial charge is 0.481 e. The van der Waals surface area contributed by atoms with Crippen LogP contribution in [0.5, 0.6) is 11.5 Å². The third-order valence-electron chi connectivity index (χ3n) is 3.27. The molecule has 1 N–H and O–H groups in total. The lowest BCUT2D eigenvalue weighted by Crippen LogP contribution is -2.24. The Morgan fingerprint density at radius 1 is 1.12 bits per heavy atom. The van der Waals surface area contributed by atoms with E-state index in [0.29, 0.717) is 26.2 Å². The lowest BCUT2D eigenvalue weighted by molar-refractivity contribution is -0.136. The molecule has 1 amide bonds. The Hall–Kier alpha value is -0.630. The van der Waals surface area contributed by atoms with Crippen molar-refractivity contribution < 1.29 is 19.4 Å². The molecule has 8 heteroatoms. The first-order valence-corrected chi connectivity index (χ1v) is 10.3. The molecule has 0 unspecified atom stereocenters. The number of carboxylic acids is 1. The van der Waals surface area contributed by atoms with Gasteiger partial charge in [0, 0.05) is 23.2 Å². The van der Waals surface area contributed by atoms with E-state index in [2.05, 4.69) is 67.8 Å². The number of carbonyl (C=O) groups excluding carboxylic acids is 1. The molecule has 132 valence electrons. The molecule has 0 bridgehead atoms. The molecule has 0 saturated carbocycles. The van der Waals surface area contributed by atoms with Crippen molar-refractivity contribution in [1.29, 1.82) is 0 Å². The van der Waals surface area contributed by atoms with Gasteiger partial charge in [0.05, 0.1) is 19.1 Å². The van der Waals surface area contributed by atoms with Crippen molar-refractivity contribution in [2.45, 2.75) is 6.42 Å². The molecule has 0 aliphatic heterocycles. The topological polar surface area (TPSA) is 66.8 Å². The number of aliphatic carboxylic acids is 1. The summed E-state index contributed by atoms with van der Waals surface area (Å²) >= 11 is 6.40. The highest BCUT2D eigenvalue weighted by Crippen LogP contribution is 2.37. The maximum Gasteiger partial charge on any atom is 0.307 e. The molecule has 0 aromatic heterocycles. The minimum Gasteiger partial charge on any atom is -0.481 e. The van der Waals surface area contributed by atoms with Gasteiger partial charge in [-0.2, -0.15) is 0 Å². The Kier molecular flexibility index (Phi) is 7.31. The molecule has 0 spiro atoms. The van der Waals surface area contributed by atoms with Crippen molar-refractivity contribution in [3.05, 3.63) is 52.2 Å². The lowest BCUT2D eigenvalue weighted by Gasteiger charge is -2.18. The zero-order valence-electron chi connectivity index (χ0n) is 13.3. The predicted molar refractivity (Wildman–Crippen MR) is 120 cm³/mol. The molecule has 0 fully saturated rings. The molecule has 5 nitrogen and oxygen atoms in total. The van der Waals surface area contributed by atoms with E-state index in [1.807, 2.05) is 6.07 Å². The monoisotopic (exact) mass is 677 g/mol. The van der Waals surface area contributed by atoms with Crippen LogP contribution in [0.15, 0.2) is 30.3 Å². The Balaban J connectivity index is 2.53. The molecule has 0 aliphatic carbocycles. The van der Waals surface area contributed by atoms with Crippen LogP contribution in [0.1, 0.15) is 15.9 Å². The van der Waals surface area contributed by atoms with Crippen LogP contribution in [-0.4, -0.2) is 36.0 Å². The number of rotatable bonds is 5. The summed E-state index contributed by atoms with van der Waals surface area (Å²) in [6, 6.07) is 8.90. The third-order valence-corrected chi connectivity index (χ3v) is 5.96. The van der Waals surface area contributed by atoms with E-state index < -0.39 is 5.97 Å². The fraction of sp³-hybridized carbons (Fsp3) is 0.176. The van der Waals surface area contributed by atoms with Gasteiger partial charge in [0.15, 0.2) is 5.75 Å². The zero-order chi connectivity index (χ0) is 18.7. The predicted octanol–water partition coefficient (Wildman–Crippen LogP) is 4.62. The van der Waals surface area contributed by atoms with Gasteiger partial charge in [0.25, 0.3) is 5.91 Å². The Morgan fingerprint density at radius 2 is 1.76 bits per heavy atom. The Bertz CT molecular complexity index is 837. The molecule has 0 radical (unpaired) electrons. The number of nitrogens with zero attached hydrogens (tertiary/aromatic N) is 1. The maximum atomic E-state index is 12.5.